The number of aliphatic hydroxyl groups excluding tert-OH is 1. The molecule has 0 aliphatic carbocycles. The summed E-state index contributed by atoms with van der Waals surface area (Å²) in [6, 6.07) is 4.84. The fourth-order valence-electron chi connectivity index (χ4n) is 3.27. The van der Waals surface area contributed by atoms with Crippen molar-refractivity contribution in [2.24, 2.45) is 22.0 Å². The van der Waals surface area contributed by atoms with Gasteiger partial charge in [0, 0.05) is 18.2 Å². The summed E-state index contributed by atoms with van der Waals surface area (Å²) in [5.74, 6) is 0.656. The van der Waals surface area contributed by atoms with Crippen LogP contribution in [0, 0.1) is 5.41 Å². The summed E-state index contributed by atoms with van der Waals surface area (Å²) < 4.78 is 5.67. The summed E-state index contributed by atoms with van der Waals surface area (Å²) in [4.78, 5) is 13.4. The minimum Gasteiger partial charge on any atom is -0.464 e. The van der Waals surface area contributed by atoms with Crippen LogP contribution < -0.4 is 16.2 Å². The van der Waals surface area contributed by atoms with E-state index < -0.39 is 18.0 Å². The van der Waals surface area contributed by atoms with E-state index in [1.54, 1.807) is 29.1 Å². The number of ether oxygens (including phenoxy) is 1. The number of Topliss-reactive ketones (excluding diaryl/α,β-unsaturated/α-hetero) is 1. The summed E-state index contributed by atoms with van der Waals surface area (Å²) in [7, 11) is 1.74. The lowest BCUT2D eigenvalue weighted by Gasteiger charge is -2.48. The van der Waals surface area contributed by atoms with Gasteiger partial charge in [-0.05, 0) is 13.0 Å². The molecule has 1 aromatic carbocycles. The molecule has 0 fully saturated rings. The van der Waals surface area contributed by atoms with E-state index in [0.717, 1.165) is 5.56 Å². The molecule has 5 N–H and O–H groups in total. The van der Waals surface area contributed by atoms with Crippen molar-refractivity contribution in [3.63, 3.8) is 0 Å². The van der Waals surface area contributed by atoms with E-state index in [9.17, 15) is 9.90 Å². The Bertz CT molecular complexity index is 718. The van der Waals surface area contributed by atoms with Crippen LogP contribution in [0.15, 0.2) is 23.3 Å². The van der Waals surface area contributed by atoms with Gasteiger partial charge in [-0.25, -0.2) is 0 Å². The zero-order valence-electron chi connectivity index (χ0n) is 14.2. The Balaban J connectivity index is 2.14. The highest BCUT2D eigenvalue weighted by Crippen LogP contribution is 2.50. The van der Waals surface area contributed by atoms with E-state index in [-0.39, 0.29) is 17.8 Å². The largest absolute Gasteiger partial charge is 0.464 e. The lowest BCUT2D eigenvalue weighted by atomic mass is 9.76. The first-order chi connectivity index (χ1) is 11.1. The Morgan fingerprint density at radius 2 is 2.08 bits per heavy atom. The molecule has 130 valence electrons. The SMILES string of the molecule is CC(=O)c1ccc2c(c1)OC(O)C(C)(C)C2N1C(N)=NN(C)C1N. The lowest BCUT2D eigenvalue weighted by molar-refractivity contribution is -0.147. The lowest BCUT2D eigenvalue weighted by Crippen LogP contribution is -2.58. The molecule has 2 aliphatic heterocycles. The molecular weight excluding hydrogens is 310 g/mol. The molecule has 0 bridgehead atoms. The maximum Gasteiger partial charge on any atom is 0.217 e. The number of hydrazone groups is 1. The second-order valence-corrected chi connectivity index (χ2v) is 6.86. The molecule has 3 atom stereocenters. The predicted octanol–water partition coefficient (Wildman–Crippen LogP) is 0.387. The smallest absolute Gasteiger partial charge is 0.217 e. The number of carbonyl (C=O) groups excluding carboxylic acids is 1. The minimum atomic E-state index is -1.08. The summed E-state index contributed by atoms with van der Waals surface area (Å²) in [5.41, 5.74) is 12.9. The Hall–Kier alpha value is -2.32. The van der Waals surface area contributed by atoms with Crippen LogP contribution in [-0.2, 0) is 0 Å². The van der Waals surface area contributed by atoms with Crippen molar-refractivity contribution in [2.45, 2.75) is 39.4 Å². The van der Waals surface area contributed by atoms with Gasteiger partial charge in [0.15, 0.2) is 12.1 Å². The number of ketones is 1. The fraction of sp³-hybridized carbons (Fsp3) is 0.500. The van der Waals surface area contributed by atoms with E-state index in [1.165, 1.54) is 6.92 Å². The van der Waals surface area contributed by atoms with Gasteiger partial charge in [0.1, 0.15) is 5.75 Å². The number of hydrogen-bond donors (Lipinski definition) is 3. The first-order valence-corrected chi connectivity index (χ1v) is 7.75. The van der Waals surface area contributed by atoms with Gasteiger partial charge >= 0.3 is 0 Å². The van der Waals surface area contributed by atoms with Gasteiger partial charge in [-0.2, -0.15) is 0 Å². The molecule has 8 heteroatoms. The number of aliphatic hydroxyl groups is 1. The van der Waals surface area contributed by atoms with E-state index >= 15 is 0 Å². The standard InChI is InChI=1S/C16H23N5O3/c1-8(22)9-5-6-10-11(7-9)24-13(23)16(2,3)12(10)21-14(17)19-20(4)15(21)18/h5-7,12-13,15,23H,18H2,1-4H3,(H2,17,19). The molecule has 3 unspecified atom stereocenters. The molecule has 2 heterocycles. The molecule has 1 aromatic rings. The third kappa shape index (κ3) is 2.30. The molecule has 2 aliphatic rings. The van der Waals surface area contributed by atoms with E-state index in [0.29, 0.717) is 11.3 Å². The molecule has 0 saturated heterocycles. The maximum absolute atomic E-state index is 11.6. The van der Waals surface area contributed by atoms with Crippen molar-refractivity contribution >= 4 is 11.7 Å². The second-order valence-electron chi connectivity index (χ2n) is 6.86. The van der Waals surface area contributed by atoms with Gasteiger partial charge < -0.3 is 15.6 Å². The first-order valence-electron chi connectivity index (χ1n) is 7.75. The van der Waals surface area contributed by atoms with Gasteiger partial charge in [0.2, 0.25) is 12.2 Å². The molecule has 0 saturated carbocycles. The minimum absolute atomic E-state index is 0.0732. The number of nitrogens with zero attached hydrogens (tertiary/aromatic N) is 3. The van der Waals surface area contributed by atoms with Crippen LogP contribution in [0.5, 0.6) is 5.75 Å². The highest BCUT2D eigenvalue weighted by molar-refractivity contribution is 5.94. The van der Waals surface area contributed by atoms with Crippen LogP contribution in [0.4, 0.5) is 0 Å². The number of hydrogen-bond acceptors (Lipinski definition) is 8. The average molecular weight is 333 g/mol. The monoisotopic (exact) mass is 333 g/mol. The number of rotatable bonds is 2. The van der Waals surface area contributed by atoms with E-state index in [2.05, 4.69) is 5.10 Å². The van der Waals surface area contributed by atoms with Crippen LogP contribution in [0.25, 0.3) is 0 Å². The number of fused-ring (bicyclic) bond motifs is 1. The molecule has 8 nitrogen and oxygen atoms in total. The zero-order chi connectivity index (χ0) is 17.8. The molecule has 0 amide bonds. The van der Waals surface area contributed by atoms with Crippen molar-refractivity contribution in [1.82, 2.24) is 9.91 Å². The predicted molar refractivity (Wildman–Crippen MR) is 88.8 cm³/mol. The number of benzene rings is 1. The van der Waals surface area contributed by atoms with Gasteiger partial charge in [-0.15, -0.1) is 5.10 Å². The quantitative estimate of drug-likeness (QED) is 0.670. The van der Waals surface area contributed by atoms with Crippen LogP contribution >= 0.6 is 0 Å². The first kappa shape index (κ1) is 16.5. The molecular formula is C16H23N5O3. The van der Waals surface area contributed by atoms with Crippen LogP contribution in [-0.4, -0.2) is 46.4 Å². The van der Waals surface area contributed by atoms with Crippen molar-refractivity contribution in [3.8, 4) is 5.75 Å². The number of carbonyl (C=O) groups is 1. The zero-order valence-corrected chi connectivity index (χ0v) is 14.2. The third-order valence-corrected chi connectivity index (χ3v) is 4.77. The summed E-state index contributed by atoms with van der Waals surface area (Å²) in [5, 5.41) is 16.3. The average Bonchev–Trinajstić information content (AvgIpc) is 2.74. The topological polar surface area (TPSA) is 117 Å². The highest BCUT2D eigenvalue weighted by Gasteiger charge is 2.51. The number of guanidine groups is 1. The van der Waals surface area contributed by atoms with Crippen molar-refractivity contribution in [1.29, 1.82) is 0 Å². The Kier molecular flexibility index (Phi) is 3.69. The number of nitrogens with two attached hydrogens (primary N) is 2. The second kappa shape index (κ2) is 5.35. The van der Waals surface area contributed by atoms with Crippen molar-refractivity contribution < 1.29 is 14.6 Å². The van der Waals surface area contributed by atoms with Gasteiger partial charge in [-0.1, -0.05) is 26.0 Å². The van der Waals surface area contributed by atoms with Gasteiger partial charge in [0.25, 0.3) is 0 Å². The molecule has 0 radical (unpaired) electrons. The highest BCUT2D eigenvalue weighted by atomic mass is 16.6. The van der Waals surface area contributed by atoms with Crippen LogP contribution in [0.2, 0.25) is 0 Å². The Morgan fingerprint density at radius 1 is 1.42 bits per heavy atom. The molecule has 0 aromatic heterocycles. The molecule has 3 rings (SSSR count). The van der Waals surface area contributed by atoms with Crippen LogP contribution in [0.1, 0.15) is 42.7 Å². The van der Waals surface area contributed by atoms with Crippen LogP contribution in [0.3, 0.4) is 0 Å². The summed E-state index contributed by atoms with van der Waals surface area (Å²) in [6.07, 6.45) is -1.64. The Labute approximate surface area is 140 Å². The van der Waals surface area contributed by atoms with Gasteiger partial charge in [-0.3, -0.25) is 20.4 Å². The third-order valence-electron chi connectivity index (χ3n) is 4.77. The molecule has 0 spiro atoms. The molecule has 24 heavy (non-hydrogen) atoms. The summed E-state index contributed by atoms with van der Waals surface area (Å²) >= 11 is 0. The summed E-state index contributed by atoms with van der Waals surface area (Å²) in [6.45, 7) is 5.24. The van der Waals surface area contributed by atoms with E-state index in [1.807, 2.05) is 19.9 Å². The van der Waals surface area contributed by atoms with Gasteiger partial charge in [0.05, 0.1) is 11.5 Å². The van der Waals surface area contributed by atoms with Crippen molar-refractivity contribution in [3.05, 3.63) is 29.3 Å². The van der Waals surface area contributed by atoms with E-state index in [4.69, 9.17) is 16.2 Å². The maximum atomic E-state index is 11.6. The normalized spacial score (nSPS) is 28.2. The van der Waals surface area contributed by atoms with Crippen molar-refractivity contribution in [2.75, 3.05) is 7.05 Å². The Morgan fingerprint density at radius 3 is 2.62 bits per heavy atom. The fourth-order valence-corrected chi connectivity index (χ4v) is 3.27.